The average Bonchev–Trinajstić information content (AvgIpc) is 2.53. The standard InChI is InChI=1S/C17H17Cl3N2O2/c1-24-16-5-4-13(9-15(16)20)22-17(23)10-21-7-6-11-2-3-12(18)8-14(11)19/h2-5,8-9,21H,6-7,10H2,1H3,(H,22,23). The monoisotopic (exact) mass is 386 g/mol. The minimum Gasteiger partial charge on any atom is -0.495 e. The first-order valence-electron chi connectivity index (χ1n) is 7.27. The average molecular weight is 388 g/mol. The molecule has 0 saturated carbocycles. The molecule has 0 saturated heterocycles. The summed E-state index contributed by atoms with van der Waals surface area (Å²) in [6, 6.07) is 10.5. The lowest BCUT2D eigenvalue weighted by molar-refractivity contribution is -0.115. The van der Waals surface area contributed by atoms with Gasteiger partial charge in [-0.25, -0.2) is 0 Å². The van der Waals surface area contributed by atoms with Crippen LogP contribution in [0.2, 0.25) is 15.1 Å². The molecular weight excluding hydrogens is 371 g/mol. The molecule has 4 nitrogen and oxygen atoms in total. The lowest BCUT2D eigenvalue weighted by Crippen LogP contribution is -2.29. The second-order valence-electron chi connectivity index (χ2n) is 5.06. The fourth-order valence-electron chi connectivity index (χ4n) is 2.10. The van der Waals surface area contributed by atoms with Gasteiger partial charge in [0, 0.05) is 15.7 Å². The molecule has 2 rings (SSSR count). The molecule has 0 aliphatic heterocycles. The molecule has 0 aromatic heterocycles. The van der Waals surface area contributed by atoms with Crippen molar-refractivity contribution in [3.05, 3.63) is 57.0 Å². The van der Waals surface area contributed by atoms with Gasteiger partial charge in [0.2, 0.25) is 5.91 Å². The minimum atomic E-state index is -0.154. The summed E-state index contributed by atoms with van der Waals surface area (Å²) >= 11 is 18.0. The number of rotatable bonds is 7. The van der Waals surface area contributed by atoms with Crippen LogP contribution in [0.4, 0.5) is 5.69 Å². The van der Waals surface area contributed by atoms with E-state index in [1.807, 2.05) is 6.07 Å². The van der Waals surface area contributed by atoms with E-state index in [-0.39, 0.29) is 12.5 Å². The molecule has 0 aliphatic rings. The van der Waals surface area contributed by atoms with E-state index in [1.54, 1.807) is 30.3 Å². The number of benzene rings is 2. The van der Waals surface area contributed by atoms with Crippen molar-refractivity contribution in [1.29, 1.82) is 0 Å². The zero-order valence-electron chi connectivity index (χ0n) is 13.0. The first kappa shape index (κ1) is 18.9. The molecule has 7 heteroatoms. The zero-order chi connectivity index (χ0) is 17.5. The fraction of sp³-hybridized carbons (Fsp3) is 0.235. The molecule has 0 atom stereocenters. The topological polar surface area (TPSA) is 50.4 Å². The van der Waals surface area contributed by atoms with Crippen LogP contribution in [0.25, 0.3) is 0 Å². The second kappa shape index (κ2) is 9.14. The van der Waals surface area contributed by atoms with Crippen molar-refractivity contribution in [2.45, 2.75) is 6.42 Å². The van der Waals surface area contributed by atoms with Crippen molar-refractivity contribution >= 4 is 46.4 Å². The van der Waals surface area contributed by atoms with Gasteiger partial charge in [0.25, 0.3) is 0 Å². The number of carbonyl (C=O) groups excluding carboxylic acids is 1. The van der Waals surface area contributed by atoms with Crippen molar-refractivity contribution in [2.75, 3.05) is 25.5 Å². The largest absolute Gasteiger partial charge is 0.495 e. The number of ether oxygens (including phenoxy) is 1. The van der Waals surface area contributed by atoms with Crippen LogP contribution in [0.5, 0.6) is 5.75 Å². The van der Waals surface area contributed by atoms with Gasteiger partial charge >= 0.3 is 0 Å². The molecule has 0 bridgehead atoms. The smallest absolute Gasteiger partial charge is 0.238 e. The Morgan fingerprint density at radius 2 is 1.88 bits per heavy atom. The molecule has 2 N–H and O–H groups in total. The number of nitrogens with one attached hydrogen (secondary N) is 2. The molecule has 2 aromatic carbocycles. The zero-order valence-corrected chi connectivity index (χ0v) is 15.3. The highest BCUT2D eigenvalue weighted by atomic mass is 35.5. The van der Waals surface area contributed by atoms with E-state index in [0.717, 1.165) is 5.56 Å². The van der Waals surface area contributed by atoms with Gasteiger partial charge in [-0.3, -0.25) is 4.79 Å². The normalized spacial score (nSPS) is 10.5. The number of hydrogen-bond donors (Lipinski definition) is 2. The highest BCUT2D eigenvalue weighted by molar-refractivity contribution is 6.35. The van der Waals surface area contributed by atoms with Crippen molar-refractivity contribution in [2.24, 2.45) is 0 Å². The highest BCUT2D eigenvalue weighted by Gasteiger charge is 2.06. The molecule has 0 aliphatic carbocycles. The van der Waals surface area contributed by atoms with E-state index >= 15 is 0 Å². The van der Waals surface area contributed by atoms with Crippen LogP contribution in [-0.2, 0) is 11.2 Å². The summed E-state index contributed by atoms with van der Waals surface area (Å²) in [6.07, 6.45) is 0.706. The van der Waals surface area contributed by atoms with Crippen LogP contribution in [0.3, 0.4) is 0 Å². The maximum atomic E-state index is 11.9. The van der Waals surface area contributed by atoms with Crippen LogP contribution in [0, 0.1) is 0 Å². The SMILES string of the molecule is COc1ccc(NC(=O)CNCCc2ccc(Cl)cc2Cl)cc1Cl. The number of carbonyl (C=O) groups is 1. The number of methoxy groups -OCH3 is 1. The van der Waals surface area contributed by atoms with Crippen LogP contribution in [0.15, 0.2) is 36.4 Å². The number of halogens is 3. The predicted molar refractivity (Wildman–Crippen MR) is 99.7 cm³/mol. The van der Waals surface area contributed by atoms with Crippen LogP contribution < -0.4 is 15.4 Å². The van der Waals surface area contributed by atoms with Gasteiger partial charge in [0.05, 0.1) is 18.7 Å². The molecule has 0 unspecified atom stereocenters. The van der Waals surface area contributed by atoms with E-state index in [9.17, 15) is 4.79 Å². The quantitative estimate of drug-likeness (QED) is 0.691. The molecular formula is C17H17Cl3N2O2. The summed E-state index contributed by atoms with van der Waals surface area (Å²) in [6.45, 7) is 0.812. The van der Waals surface area contributed by atoms with E-state index < -0.39 is 0 Å². The molecule has 0 radical (unpaired) electrons. The summed E-state index contributed by atoms with van der Waals surface area (Å²) in [5.41, 5.74) is 1.60. The molecule has 2 aromatic rings. The lowest BCUT2D eigenvalue weighted by atomic mass is 10.1. The Kier molecular flexibility index (Phi) is 7.18. The Balaban J connectivity index is 1.76. The molecule has 24 heavy (non-hydrogen) atoms. The summed E-state index contributed by atoms with van der Waals surface area (Å²) in [5.74, 6) is 0.408. The van der Waals surface area contributed by atoms with E-state index in [1.165, 1.54) is 7.11 Å². The maximum absolute atomic E-state index is 11.9. The molecule has 1 amide bonds. The summed E-state index contributed by atoms with van der Waals surface area (Å²) in [5, 5.41) is 7.52. The molecule has 128 valence electrons. The van der Waals surface area contributed by atoms with Crippen LogP contribution in [0.1, 0.15) is 5.56 Å². The first-order chi connectivity index (χ1) is 11.5. The van der Waals surface area contributed by atoms with Gasteiger partial charge in [-0.05, 0) is 48.9 Å². The molecule has 0 spiro atoms. The third-order valence-corrected chi connectivity index (χ3v) is 4.19. The van der Waals surface area contributed by atoms with Crippen LogP contribution >= 0.6 is 34.8 Å². The number of amides is 1. The summed E-state index contributed by atoms with van der Waals surface area (Å²) in [7, 11) is 1.54. The second-order valence-corrected chi connectivity index (χ2v) is 6.31. The van der Waals surface area contributed by atoms with Crippen molar-refractivity contribution < 1.29 is 9.53 Å². The van der Waals surface area contributed by atoms with Crippen molar-refractivity contribution in [3.8, 4) is 5.75 Å². The van der Waals surface area contributed by atoms with Crippen molar-refractivity contribution in [3.63, 3.8) is 0 Å². The van der Waals surface area contributed by atoms with Gasteiger partial charge in [-0.15, -0.1) is 0 Å². The van der Waals surface area contributed by atoms with Gasteiger partial charge < -0.3 is 15.4 Å². The maximum Gasteiger partial charge on any atom is 0.238 e. The Hall–Kier alpha value is -1.46. The Bertz CT molecular complexity index is 723. The summed E-state index contributed by atoms with van der Waals surface area (Å²) in [4.78, 5) is 11.9. The van der Waals surface area contributed by atoms with Crippen LogP contribution in [-0.4, -0.2) is 26.1 Å². The Morgan fingerprint density at radius 1 is 1.08 bits per heavy atom. The van der Waals surface area contributed by atoms with Gasteiger partial charge in [-0.1, -0.05) is 40.9 Å². The third-order valence-electron chi connectivity index (χ3n) is 3.31. The third kappa shape index (κ3) is 5.56. The Morgan fingerprint density at radius 3 is 2.54 bits per heavy atom. The molecule has 0 heterocycles. The van der Waals surface area contributed by atoms with E-state index in [2.05, 4.69) is 10.6 Å². The minimum absolute atomic E-state index is 0.154. The highest BCUT2D eigenvalue weighted by Crippen LogP contribution is 2.27. The fourth-order valence-corrected chi connectivity index (χ4v) is 2.86. The summed E-state index contributed by atoms with van der Waals surface area (Å²) < 4.78 is 5.07. The van der Waals surface area contributed by atoms with Gasteiger partial charge in [0.1, 0.15) is 5.75 Å². The van der Waals surface area contributed by atoms with E-state index in [4.69, 9.17) is 39.5 Å². The molecule has 0 fully saturated rings. The van der Waals surface area contributed by atoms with Crippen molar-refractivity contribution in [1.82, 2.24) is 5.32 Å². The number of hydrogen-bond acceptors (Lipinski definition) is 3. The predicted octanol–water partition coefficient (Wildman–Crippen LogP) is 4.43. The Labute approximate surface area is 156 Å². The first-order valence-corrected chi connectivity index (χ1v) is 8.41. The van der Waals surface area contributed by atoms with E-state index in [0.29, 0.717) is 39.5 Å². The van der Waals surface area contributed by atoms with Gasteiger partial charge in [-0.2, -0.15) is 0 Å². The van der Waals surface area contributed by atoms with Gasteiger partial charge in [0.15, 0.2) is 0 Å². The lowest BCUT2D eigenvalue weighted by Gasteiger charge is -2.09. The number of anilines is 1.